The fourth-order valence-corrected chi connectivity index (χ4v) is 6.35. The predicted molar refractivity (Wildman–Crippen MR) is 173 cm³/mol. The van der Waals surface area contributed by atoms with E-state index in [4.69, 9.17) is 6.57 Å². The van der Waals surface area contributed by atoms with Crippen molar-refractivity contribution in [1.82, 2.24) is 14.5 Å². The van der Waals surface area contributed by atoms with Gasteiger partial charge in [0.15, 0.2) is 0 Å². The molecule has 0 amide bonds. The molecule has 3 heterocycles. The van der Waals surface area contributed by atoms with Crippen molar-refractivity contribution in [2.24, 2.45) is 0 Å². The van der Waals surface area contributed by atoms with E-state index in [0.717, 1.165) is 60.5 Å². The van der Waals surface area contributed by atoms with Crippen molar-refractivity contribution < 1.29 is 0 Å². The van der Waals surface area contributed by atoms with Crippen LogP contribution in [0.4, 0.5) is 5.69 Å². The molecule has 198 valence electrons. The summed E-state index contributed by atoms with van der Waals surface area (Å²) in [5.74, 6) is 0. The maximum Gasteiger partial charge on any atom is 0.205 e. The SMILES string of the molecule is [C-]#[N+]c1cncc(-c2cc3c(c4ccccc24)c2c4ccccc4c(-c4cncc(C#N)c4)cc2n3-c2ccccc2)c1. The molecule has 0 fully saturated rings. The summed E-state index contributed by atoms with van der Waals surface area (Å²) in [7, 11) is 0. The third-order valence-corrected chi connectivity index (χ3v) is 8.14. The Morgan fingerprint density at radius 3 is 1.72 bits per heavy atom. The minimum absolute atomic E-state index is 0.508. The van der Waals surface area contributed by atoms with Gasteiger partial charge in [0.2, 0.25) is 5.69 Å². The van der Waals surface area contributed by atoms with Crippen LogP contribution >= 0.6 is 0 Å². The topological polar surface area (TPSA) is 58.9 Å². The van der Waals surface area contributed by atoms with Crippen LogP contribution in [0.25, 0.3) is 76.1 Å². The van der Waals surface area contributed by atoms with Gasteiger partial charge in [0.05, 0.1) is 23.2 Å². The Labute approximate surface area is 247 Å². The quantitative estimate of drug-likeness (QED) is 0.207. The van der Waals surface area contributed by atoms with Gasteiger partial charge in [-0.25, -0.2) is 4.85 Å². The van der Waals surface area contributed by atoms with Gasteiger partial charge in [-0.2, -0.15) is 5.26 Å². The lowest BCUT2D eigenvalue weighted by Gasteiger charge is -2.12. The molecule has 0 saturated carbocycles. The first-order valence-electron chi connectivity index (χ1n) is 13.9. The molecule has 0 unspecified atom stereocenters. The van der Waals surface area contributed by atoms with E-state index in [0.29, 0.717) is 11.3 Å². The highest BCUT2D eigenvalue weighted by Crippen LogP contribution is 2.46. The molecule has 0 saturated heterocycles. The molecule has 8 aromatic rings. The molecule has 0 atom stereocenters. The summed E-state index contributed by atoms with van der Waals surface area (Å²) in [6.45, 7) is 7.57. The van der Waals surface area contributed by atoms with Gasteiger partial charge in [-0.1, -0.05) is 66.7 Å². The monoisotopic (exact) mass is 547 g/mol. The molecule has 0 radical (unpaired) electrons. The van der Waals surface area contributed by atoms with Gasteiger partial charge in [0.25, 0.3) is 0 Å². The lowest BCUT2D eigenvalue weighted by molar-refractivity contribution is 1.18. The summed E-state index contributed by atoms with van der Waals surface area (Å²) in [4.78, 5) is 12.4. The number of hydrogen-bond acceptors (Lipinski definition) is 3. The van der Waals surface area contributed by atoms with Crippen LogP contribution in [0.1, 0.15) is 5.56 Å². The molecule has 5 aromatic carbocycles. The molecule has 0 spiro atoms. The Hall–Kier alpha value is -6.30. The third-order valence-electron chi connectivity index (χ3n) is 8.14. The first kappa shape index (κ1) is 24.5. The van der Waals surface area contributed by atoms with E-state index in [2.05, 4.69) is 110 Å². The summed E-state index contributed by atoms with van der Waals surface area (Å²) in [5, 5.41) is 16.4. The summed E-state index contributed by atoms with van der Waals surface area (Å²) < 4.78 is 2.32. The Kier molecular flexibility index (Phi) is 5.50. The molecule has 8 rings (SSSR count). The van der Waals surface area contributed by atoms with Crippen molar-refractivity contribution >= 4 is 49.0 Å². The molecule has 0 N–H and O–H groups in total. The summed E-state index contributed by atoms with van der Waals surface area (Å²) in [6.07, 6.45) is 6.86. The Morgan fingerprint density at radius 2 is 1.14 bits per heavy atom. The number of para-hydroxylation sites is 1. The van der Waals surface area contributed by atoms with Gasteiger partial charge in [-0.15, -0.1) is 0 Å². The van der Waals surface area contributed by atoms with Crippen LogP contribution in [0.5, 0.6) is 0 Å². The number of nitrogens with zero attached hydrogens (tertiary/aromatic N) is 5. The number of fused-ring (bicyclic) bond motifs is 7. The maximum atomic E-state index is 9.62. The van der Waals surface area contributed by atoms with Crippen molar-refractivity contribution in [1.29, 1.82) is 5.26 Å². The number of nitriles is 1. The fourth-order valence-electron chi connectivity index (χ4n) is 6.35. The van der Waals surface area contributed by atoms with E-state index in [1.165, 1.54) is 10.8 Å². The van der Waals surface area contributed by atoms with Crippen LogP contribution < -0.4 is 0 Å². The minimum Gasteiger partial charge on any atom is -0.309 e. The first-order chi connectivity index (χ1) is 21.2. The van der Waals surface area contributed by atoms with Crippen molar-refractivity contribution in [2.75, 3.05) is 0 Å². The molecule has 0 bridgehead atoms. The van der Waals surface area contributed by atoms with E-state index in [1.54, 1.807) is 12.4 Å². The van der Waals surface area contributed by atoms with Crippen LogP contribution in [-0.4, -0.2) is 14.5 Å². The Bertz CT molecular complexity index is 2320. The lowest BCUT2D eigenvalue weighted by atomic mass is 9.92. The highest BCUT2D eigenvalue weighted by Gasteiger charge is 2.21. The van der Waals surface area contributed by atoms with Crippen LogP contribution in [0.2, 0.25) is 0 Å². The van der Waals surface area contributed by atoms with Crippen LogP contribution in [-0.2, 0) is 0 Å². The zero-order valence-corrected chi connectivity index (χ0v) is 22.9. The summed E-state index contributed by atoms with van der Waals surface area (Å²) >= 11 is 0. The van der Waals surface area contributed by atoms with Gasteiger partial charge in [0.1, 0.15) is 6.07 Å². The molecule has 0 aliphatic rings. The zero-order valence-electron chi connectivity index (χ0n) is 22.9. The van der Waals surface area contributed by atoms with E-state index >= 15 is 0 Å². The maximum absolute atomic E-state index is 9.62. The first-order valence-corrected chi connectivity index (χ1v) is 13.9. The summed E-state index contributed by atoms with van der Waals surface area (Å²) in [6, 6.07) is 37.9. The third kappa shape index (κ3) is 3.77. The van der Waals surface area contributed by atoms with Gasteiger partial charge in [0, 0.05) is 46.8 Å². The molecular formula is C38H21N5. The number of benzene rings is 5. The average molecular weight is 548 g/mol. The van der Waals surface area contributed by atoms with Crippen molar-refractivity contribution in [3.05, 3.63) is 145 Å². The number of hydrogen-bond donors (Lipinski definition) is 0. The highest BCUT2D eigenvalue weighted by atomic mass is 15.0. The largest absolute Gasteiger partial charge is 0.309 e. The standard InChI is InChI=1S/C38H21N5/c1-40-27-16-26(22-42-23-27)34-18-36-38(32-14-8-6-12-30(32)34)37-31-13-7-5-11-29(31)33(25-15-24(19-39)20-41-21-25)17-35(37)43(36)28-9-3-2-4-10-28/h2-18,20-23H. The molecule has 5 heteroatoms. The van der Waals surface area contributed by atoms with Gasteiger partial charge in [-0.05, 0) is 74.6 Å². The predicted octanol–water partition coefficient (Wildman–Crippen LogP) is 9.64. The summed E-state index contributed by atoms with van der Waals surface area (Å²) in [5.41, 5.74) is 8.05. The molecule has 3 aromatic heterocycles. The molecule has 43 heavy (non-hydrogen) atoms. The molecule has 0 aliphatic heterocycles. The van der Waals surface area contributed by atoms with Crippen LogP contribution in [0, 0.1) is 17.9 Å². The highest BCUT2D eigenvalue weighted by molar-refractivity contribution is 6.31. The fraction of sp³-hybridized carbons (Fsp3) is 0. The van der Waals surface area contributed by atoms with Crippen molar-refractivity contribution in [3.63, 3.8) is 0 Å². The second-order valence-electron chi connectivity index (χ2n) is 10.5. The zero-order chi connectivity index (χ0) is 28.9. The van der Waals surface area contributed by atoms with E-state index < -0.39 is 0 Å². The smallest absolute Gasteiger partial charge is 0.205 e. The van der Waals surface area contributed by atoms with Crippen molar-refractivity contribution in [2.45, 2.75) is 0 Å². The van der Waals surface area contributed by atoms with Gasteiger partial charge in [-0.3, -0.25) is 9.97 Å². The Morgan fingerprint density at radius 1 is 0.605 bits per heavy atom. The van der Waals surface area contributed by atoms with Gasteiger partial charge >= 0.3 is 0 Å². The normalized spacial score (nSPS) is 11.2. The van der Waals surface area contributed by atoms with Crippen LogP contribution in [0.3, 0.4) is 0 Å². The molecule has 0 aliphatic carbocycles. The van der Waals surface area contributed by atoms with Crippen molar-refractivity contribution in [3.8, 4) is 34.0 Å². The van der Waals surface area contributed by atoms with E-state index in [1.807, 2.05) is 30.6 Å². The van der Waals surface area contributed by atoms with Crippen LogP contribution in [0.15, 0.2) is 128 Å². The number of aromatic nitrogens is 3. The minimum atomic E-state index is 0.508. The molecule has 5 nitrogen and oxygen atoms in total. The molecular weight excluding hydrogens is 526 g/mol. The van der Waals surface area contributed by atoms with E-state index in [-0.39, 0.29) is 0 Å². The van der Waals surface area contributed by atoms with E-state index in [9.17, 15) is 5.26 Å². The second-order valence-corrected chi connectivity index (χ2v) is 10.5. The number of pyridine rings is 2. The average Bonchev–Trinajstić information content (AvgIpc) is 3.42. The Balaban J connectivity index is 1.61. The lowest BCUT2D eigenvalue weighted by Crippen LogP contribution is -1.95. The second kappa shape index (κ2) is 9.66. The van der Waals surface area contributed by atoms with Gasteiger partial charge < -0.3 is 4.57 Å². The number of rotatable bonds is 3.